The summed E-state index contributed by atoms with van der Waals surface area (Å²) in [7, 11) is 0. The molecule has 180 valence electrons. The molecule has 0 N–H and O–H groups in total. The third-order valence-electron chi connectivity index (χ3n) is 6.90. The van der Waals surface area contributed by atoms with E-state index in [1.807, 2.05) is 23.1 Å². The van der Waals surface area contributed by atoms with E-state index in [0.29, 0.717) is 19.6 Å². The lowest BCUT2D eigenvalue weighted by Crippen LogP contribution is -2.24. The molecule has 1 fully saturated rings. The maximum Gasteiger partial charge on any atom is 0.227 e. The molecule has 0 spiro atoms. The van der Waals surface area contributed by atoms with Crippen molar-refractivity contribution in [3.8, 4) is 5.75 Å². The monoisotopic (exact) mass is 467 g/mol. The van der Waals surface area contributed by atoms with E-state index in [1.54, 1.807) is 0 Å². The van der Waals surface area contributed by atoms with Gasteiger partial charge in [-0.2, -0.15) is 0 Å². The van der Waals surface area contributed by atoms with E-state index >= 15 is 0 Å². The molecule has 5 heteroatoms. The van der Waals surface area contributed by atoms with Crippen molar-refractivity contribution >= 4 is 22.6 Å². The van der Waals surface area contributed by atoms with Gasteiger partial charge in [0.15, 0.2) is 0 Å². The molecular weight excluding hydrogens is 434 g/mol. The minimum Gasteiger partial charge on any atom is -0.494 e. The fraction of sp³-hybridized carbons (Fsp3) is 0.333. The predicted octanol–water partition coefficient (Wildman–Crippen LogP) is 6.29. The van der Waals surface area contributed by atoms with Crippen LogP contribution in [-0.4, -0.2) is 28.6 Å². The first-order valence-corrected chi connectivity index (χ1v) is 12.7. The van der Waals surface area contributed by atoms with Crippen LogP contribution in [0.3, 0.4) is 0 Å². The summed E-state index contributed by atoms with van der Waals surface area (Å²) in [4.78, 5) is 19.8. The third kappa shape index (κ3) is 5.09. The lowest BCUT2D eigenvalue weighted by atomic mass is 10.1. The van der Waals surface area contributed by atoms with Gasteiger partial charge in [-0.15, -0.1) is 0 Å². The third-order valence-corrected chi connectivity index (χ3v) is 6.90. The van der Waals surface area contributed by atoms with E-state index in [4.69, 9.17) is 9.72 Å². The quantitative estimate of drug-likeness (QED) is 0.272. The van der Waals surface area contributed by atoms with Gasteiger partial charge in [0.2, 0.25) is 5.91 Å². The summed E-state index contributed by atoms with van der Waals surface area (Å²) in [6.45, 7) is 6.45. The van der Waals surface area contributed by atoms with Gasteiger partial charge in [0.05, 0.1) is 17.6 Å². The first-order chi connectivity index (χ1) is 17.1. The van der Waals surface area contributed by atoms with Crippen LogP contribution in [0.25, 0.3) is 11.0 Å². The van der Waals surface area contributed by atoms with Crippen molar-refractivity contribution < 1.29 is 9.53 Å². The number of unbranched alkanes of at least 4 members (excludes halogenated alkanes) is 1. The van der Waals surface area contributed by atoms with Crippen LogP contribution in [0.1, 0.15) is 49.1 Å². The normalized spacial score (nSPS) is 15.8. The number of fused-ring (bicyclic) bond motifs is 1. The van der Waals surface area contributed by atoms with E-state index in [2.05, 4.69) is 73.0 Å². The Kier molecular flexibility index (Phi) is 6.84. The van der Waals surface area contributed by atoms with Crippen molar-refractivity contribution in [1.29, 1.82) is 0 Å². The van der Waals surface area contributed by atoms with Crippen LogP contribution in [0.2, 0.25) is 0 Å². The number of rotatable bonds is 9. The minimum absolute atomic E-state index is 0.0875. The average Bonchev–Trinajstić information content (AvgIpc) is 3.45. The number of nitrogens with zero attached hydrogens (tertiary/aromatic N) is 3. The average molecular weight is 468 g/mol. The second-order valence-electron chi connectivity index (χ2n) is 9.40. The second-order valence-corrected chi connectivity index (χ2v) is 9.40. The Labute approximate surface area is 207 Å². The van der Waals surface area contributed by atoms with Crippen molar-refractivity contribution in [2.45, 2.75) is 52.0 Å². The number of aromatic nitrogens is 2. The fourth-order valence-corrected chi connectivity index (χ4v) is 4.88. The number of amides is 1. The highest BCUT2D eigenvalue weighted by molar-refractivity contribution is 5.96. The summed E-state index contributed by atoms with van der Waals surface area (Å²) in [5.74, 6) is 2.20. The molecule has 35 heavy (non-hydrogen) atoms. The molecular formula is C30H33N3O2. The largest absolute Gasteiger partial charge is 0.494 e. The van der Waals surface area contributed by atoms with Crippen molar-refractivity contribution in [3.63, 3.8) is 0 Å². The molecule has 1 saturated heterocycles. The summed E-state index contributed by atoms with van der Waals surface area (Å²) in [6, 6.07) is 24.8. The van der Waals surface area contributed by atoms with Crippen LogP contribution >= 0.6 is 0 Å². The number of hydrogen-bond acceptors (Lipinski definition) is 3. The molecule has 5 rings (SSSR count). The van der Waals surface area contributed by atoms with Crippen LogP contribution < -0.4 is 9.64 Å². The summed E-state index contributed by atoms with van der Waals surface area (Å²) in [5, 5.41) is 0. The van der Waals surface area contributed by atoms with Crippen molar-refractivity contribution in [3.05, 3.63) is 89.7 Å². The van der Waals surface area contributed by atoms with E-state index in [1.165, 1.54) is 11.1 Å². The highest BCUT2D eigenvalue weighted by Gasteiger charge is 2.34. The van der Waals surface area contributed by atoms with E-state index in [-0.39, 0.29) is 11.8 Å². The first kappa shape index (κ1) is 23.2. The van der Waals surface area contributed by atoms with Crippen LogP contribution in [0.4, 0.5) is 5.69 Å². The Morgan fingerprint density at radius 2 is 1.74 bits per heavy atom. The van der Waals surface area contributed by atoms with Crippen LogP contribution in [0.15, 0.2) is 72.8 Å². The summed E-state index contributed by atoms with van der Waals surface area (Å²) in [6.07, 6.45) is 3.48. The molecule has 0 radical (unpaired) electrons. The molecule has 0 bridgehead atoms. The minimum atomic E-state index is 0.0875. The SMILES string of the molecule is CCc1ccc(OCCCCn2c(C3CC(=O)N(c4ccc(C)cc4)C3)nc3ccccc32)cc1. The van der Waals surface area contributed by atoms with Gasteiger partial charge in [0.1, 0.15) is 11.6 Å². The van der Waals surface area contributed by atoms with Crippen LogP contribution in [0, 0.1) is 6.92 Å². The highest BCUT2D eigenvalue weighted by Crippen LogP contribution is 2.33. The standard InChI is InChI=1S/C30H33N3O2/c1-3-23-12-16-26(17-13-23)35-19-7-6-18-32-28-9-5-4-8-27(28)31-30(32)24-20-29(34)33(21-24)25-14-10-22(2)11-15-25/h4-5,8-17,24H,3,6-7,18-21H2,1-2H3. The molecule has 4 aromatic rings. The molecule has 1 unspecified atom stereocenters. The van der Waals surface area contributed by atoms with Gasteiger partial charge in [0, 0.05) is 31.1 Å². The molecule has 1 amide bonds. The lowest BCUT2D eigenvalue weighted by Gasteiger charge is -2.18. The highest BCUT2D eigenvalue weighted by atomic mass is 16.5. The summed E-state index contributed by atoms with van der Waals surface area (Å²) >= 11 is 0. The smallest absolute Gasteiger partial charge is 0.227 e. The molecule has 0 saturated carbocycles. The van der Waals surface area contributed by atoms with Gasteiger partial charge in [-0.25, -0.2) is 4.98 Å². The zero-order valence-corrected chi connectivity index (χ0v) is 20.6. The predicted molar refractivity (Wildman–Crippen MR) is 141 cm³/mol. The van der Waals surface area contributed by atoms with Crippen molar-refractivity contribution in [1.82, 2.24) is 9.55 Å². The van der Waals surface area contributed by atoms with Gasteiger partial charge >= 0.3 is 0 Å². The maximum absolute atomic E-state index is 12.9. The zero-order valence-electron chi connectivity index (χ0n) is 20.6. The Morgan fingerprint density at radius 1 is 0.971 bits per heavy atom. The Balaban J connectivity index is 1.26. The molecule has 1 aliphatic rings. The Bertz CT molecular complexity index is 1290. The number of carbonyl (C=O) groups excluding carboxylic acids is 1. The molecule has 1 aliphatic heterocycles. The maximum atomic E-state index is 12.9. The van der Waals surface area contributed by atoms with Crippen molar-refractivity contribution in [2.75, 3.05) is 18.1 Å². The number of hydrogen-bond donors (Lipinski definition) is 0. The van der Waals surface area contributed by atoms with E-state index in [0.717, 1.165) is 54.1 Å². The van der Waals surface area contributed by atoms with Gasteiger partial charge in [-0.1, -0.05) is 48.9 Å². The molecule has 1 atom stereocenters. The molecule has 1 aromatic heterocycles. The first-order valence-electron chi connectivity index (χ1n) is 12.7. The van der Waals surface area contributed by atoms with E-state index in [9.17, 15) is 4.79 Å². The number of benzene rings is 3. The molecule has 0 aliphatic carbocycles. The summed E-state index contributed by atoms with van der Waals surface area (Å²) < 4.78 is 8.27. The van der Waals surface area contributed by atoms with E-state index < -0.39 is 0 Å². The van der Waals surface area contributed by atoms with Gasteiger partial charge in [-0.05, 0) is 68.1 Å². The zero-order chi connectivity index (χ0) is 24.2. The van der Waals surface area contributed by atoms with Crippen LogP contribution in [0.5, 0.6) is 5.75 Å². The fourth-order valence-electron chi connectivity index (χ4n) is 4.88. The van der Waals surface area contributed by atoms with Crippen LogP contribution in [-0.2, 0) is 17.8 Å². The Hall–Kier alpha value is -3.60. The Morgan fingerprint density at radius 3 is 2.51 bits per heavy atom. The van der Waals surface area contributed by atoms with Crippen molar-refractivity contribution in [2.24, 2.45) is 0 Å². The summed E-state index contributed by atoms with van der Waals surface area (Å²) in [5.41, 5.74) is 5.62. The van der Waals surface area contributed by atoms with Gasteiger partial charge in [0.25, 0.3) is 0 Å². The number of para-hydroxylation sites is 2. The molecule has 5 nitrogen and oxygen atoms in total. The number of imidazole rings is 1. The van der Waals surface area contributed by atoms with Gasteiger partial charge in [-0.3, -0.25) is 4.79 Å². The lowest BCUT2D eigenvalue weighted by molar-refractivity contribution is -0.117. The number of aryl methyl sites for hydroxylation is 3. The second kappa shape index (κ2) is 10.3. The topological polar surface area (TPSA) is 47.4 Å². The molecule has 3 aromatic carbocycles. The number of anilines is 1. The van der Waals surface area contributed by atoms with Gasteiger partial charge < -0.3 is 14.2 Å². The number of ether oxygens (including phenoxy) is 1. The number of carbonyl (C=O) groups is 1. The molecule has 2 heterocycles.